The van der Waals surface area contributed by atoms with Crippen molar-refractivity contribution in [3.8, 4) is 5.75 Å². The number of methoxy groups -OCH3 is 1. The van der Waals surface area contributed by atoms with Crippen molar-refractivity contribution < 1.29 is 19.6 Å². The lowest BCUT2D eigenvalue weighted by Gasteiger charge is -2.49. The van der Waals surface area contributed by atoms with Gasteiger partial charge in [-0.2, -0.15) is 0 Å². The summed E-state index contributed by atoms with van der Waals surface area (Å²) in [5, 5.41) is 23.2. The number of carbonyl (C=O) groups is 1. The van der Waals surface area contributed by atoms with Gasteiger partial charge in [0.2, 0.25) is 0 Å². The van der Waals surface area contributed by atoms with Crippen molar-refractivity contribution in [3.05, 3.63) is 33.9 Å². The highest BCUT2D eigenvalue weighted by molar-refractivity contribution is 5.97. The van der Waals surface area contributed by atoms with Gasteiger partial charge in [0.05, 0.1) is 29.8 Å². The summed E-state index contributed by atoms with van der Waals surface area (Å²) in [4.78, 5) is 22.4. The minimum Gasteiger partial charge on any atom is -0.496 e. The number of rotatable bonds is 4. The average Bonchev–Trinajstić information content (AvgIpc) is 2.45. The summed E-state index contributed by atoms with van der Waals surface area (Å²) < 4.78 is 5.05. The second-order valence-corrected chi connectivity index (χ2v) is 5.74. The summed E-state index contributed by atoms with van der Waals surface area (Å²) in [6.07, 6.45) is 0.0511. The van der Waals surface area contributed by atoms with Gasteiger partial charge in [-0.15, -0.1) is 0 Å². The van der Waals surface area contributed by atoms with E-state index in [0.29, 0.717) is 6.42 Å². The molecule has 2 unspecified atom stereocenters. The van der Waals surface area contributed by atoms with Crippen LogP contribution in [-0.2, 0) is 0 Å². The van der Waals surface area contributed by atoms with Gasteiger partial charge in [-0.05, 0) is 12.5 Å². The molecule has 1 aromatic rings. The quantitative estimate of drug-likeness (QED) is 0.647. The van der Waals surface area contributed by atoms with Gasteiger partial charge in [0.1, 0.15) is 5.75 Å². The molecule has 0 spiro atoms. The molecule has 0 heterocycles. The molecule has 1 fully saturated rings. The van der Waals surface area contributed by atoms with Crippen LogP contribution in [0.2, 0.25) is 0 Å². The number of nitro groups is 1. The molecule has 2 atom stereocenters. The van der Waals surface area contributed by atoms with Crippen LogP contribution in [0.3, 0.4) is 0 Å². The lowest BCUT2D eigenvalue weighted by molar-refractivity contribution is -0.384. The van der Waals surface area contributed by atoms with Crippen LogP contribution >= 0.6 is 0 Å². The molecular formula is C14H18N2O5. The fourth-order valence-electron chi connectivity index (χ4n) is 2.36. The van der Waals surface area contributed by atoms with Crippen molar-refractivity contribution in [1.82, 2.24) is 5.32 Å². The van der Waals surface area contributed by atoms with Gasteiger partial charge >= 0.3 is 0 Å². The fraction of sp³-hybridized carbons (Fsp3) is 0.500. The number of aliphatic hydroxyl groups is 1. The van der Waals surface area contributed by atoms with E-state index in [0.717, 1.165) is 0 Å². The van der Waals surface area contributed by atoms with Crippen LogP contribution < -0.4 is 10.1 Å². The minimum atomic E-state index is -0.546. The van der Waals surface area contributed by atoms with E-state index < -0.39 is 11.0 Å². The summed E-state index contributed by atoms with van der Waals surface area (Å²) >= 11 is 0. The number of nitro benzene ring substituents is 1. The highest BCUT2D eigenvalue weighted by atomic mass is 16.6. The van der Waals surface area contributed by atoms with E-state index in [2.05, 4.69) is 5.32 Å². The molecule has 2 rings (SSSR count). The molecular weight excluding hydrogens is 276 g/mol. The molecule has 0 aliphatic heterocycles. The normalized spacial score (nSPS) is 23.0. The molecule has 1 amide bonds. The van der Waals surface area contributed by atoms with Crippen molar-refractivity contribution in [3.63, 3.8) is 0 Å². The first-order valence-corrected chi connectivity index (χ1v) is 6.58. The average molecular weight is 294 g/mol. The molecule has 2 N–H and O–H groups in total. The zero-order valence-corrected chi connectivity index (χ0v) is 12.1. The summed E-state index contributed by atoms with van der Waals surface area (Å²) in [5.41, 5.74) is -0.285. The predicted octanol–water partition coefficient (Wildman–Crippen LogP) is 1.49. The Morgan fingerprint density at radius 2 is 2.19 bits per heavy atom. The highest BCUT2D eigenvalue weighted by Gasteiger charge is 2.48. The molecule has 114 valence electrons. The Kier molecular flexibility index (Phi) is 3.87. The largest absolute Gasteiger partial charge is 0.496 e. The number of aliphatic hydroxyl groups excluding tert-OH is 1. The third-order valence-corrected chi connectivity index (χ3v) is 4.16. The molecule has 0 aromatic heterocycles. The van der Waals surface area contributed by atoms with E-state index >= 15 is 0 Å². The molecule has 1 aliphatic carbocycles. The molecule has 0 radical (unpaired) electrons. The lowest BCUT2D eigenvalue weighted by Crippen LogP contribution is -2.61. The van der Waals surface area contributed by atoms with Crippen LogP contribution in [0, 0.1) is 15.5 Å². The van der Waals surface area contributed by atoms with Gasteiger partial charge in [-0.3, -0.25) is 14.9 Å². The number of amides is 1. The number of carbonyl (C=O) groups excluding carboxylic acids is 1. The molecule has 1 aromatic carbocycles. The number of hydrogen-bond donors (Lipinski definition) is 2. The van der Waals surface area contributed by atoms with Crippen LogP contribution in [0.5, 0.6) is 5.75 Å². The third kappa shape index (κ3) is 2.69. The SMILES string of the molecule is COc1cc([N+](=O)[O-])ccc1C(=O)NC1CC(O)C1(C)C. The molecule has 1 saturated carbocycles. The Labute approximate surface area is 122 Å². The third-order valence-electron chi connectivity index (χ3n) is 4.16. The fourth-order valence-corrected chi connectivity index (χ4v) is 2.36. The highest BCUT2D eigenvalue weighted by Crippen LogP contribution is 2.40. The van der Waals surface area contributed by atoms with E-state index in [-0.39, 0.29) is 34.4 Å². The van der Waals surface area contributed by atoms with Crippen LogP contribution in [0.15, 0.2) is 18.2 Å². The van der Waals surface area contributed by atoms with Crippen LogP contribution in [0.25, 0.3) is 0 Å². The Morgan fingerprint density at radius 3 is 2.67 bits per heavy atom. The monoisotopic (exact) mass is 294 g/mol. The van der Waals surface area contributed by atoms with Gasteiger partial charge < -0.3 is 15.2 Å². The molecule has 1 aliphatic rings. The molecule has 21 heavy (non-hydrogen) atoms. The number of nitrogens with zero attached hydrogens (tertiary/aromatic N) is 1. The molecule has 0 bridgehead atoms. The van der Waals surface area contributed by atoms with Crippen LogP contribution in [0.1, 0.15) is 30.6 Å². The molecule has 7 nitrogen and oxygen atoms in total. The van der Waals surface area contributed by atoms with Gasteiger partial charge in [0, 0.05) is 17.5 Å². The summed E-state index contributed by atoms with van der Waals surface area (Å²) in [6.45, 7) is 3.75. The number of ether oxygens (including phenoxy) is 1. The van der Waals surface area contributed by atoms with E-state index in [1.165, 1.54) is 25.3 Å². The maximum atomic E-state index is 12.3. The first-order chi connectivity index (χ1) is 9.77. The minimum absolute atomic E-state index is 0.136. The van der Waals surface area contributed by atoms with Crippen molar-refractivity contribution in [2.24, 2.45) is 5.41 Å². The van der Waals surface area contributed by atoms with Crippen molar-refractivity contribution in [1.29, 1.82) is 0 Å². The van der Waals surface area contributed by atoms with Crippen molar-refractivity contribution in [2.75, 3.05) is 7.11 Å². The zero-order valence-electron chi connectivity index (χ0n) is 12.1. The first-order valence-electron chi connectivity index (χ1n) is 6.58. The van der Waals surface area contributed by atoms with Crippen molar-refractivity contribution >= 4 is 11.6 Å². The number of hydrogen-bond acceptors (Lipinski definition) is 5. The first kappa shape index (κ1) is 15.2. The number of nitrogens with one attached hydrogen (secondary N) is 1. The summed E-state index contributed by atoms with van der Waals surface area (Å²) in [6, 6.07) is 3.71. The Balaban J connectivity index is 2.18. The summed E-state index contributed by atoms with van der Waals surface area (Å²) in [5.74, 6) is -0.217. The maximum Gasteiger partial charge on any atom is 0.273 e. The smallest absolute Gasteiger partial charge is 0.273 e. The number of benzene rings is 1. The van der Waals surface area contributed by atoms with Gasteiger partial charge in [0.15, 0.2) is 0 Å². The van der Waals surface area contributed by atoms with Gasteiger partial charge in [-0.1, -0.05) is 13.8 Å². The standard InChI is InChI=1S/C14H18N2O5/c1-14(2)11(7-12(14)17)15-13(18)9-5-4-8(16(19)20)6-10(9)21-3/h4-6,11-12,17H,7H2,1-3H3,(H,15,18). The molecule has 0 saturated heterocycles. The number of non-ortho nitro benzene ring substituents is 1. The molecule has 7 heteroatoms. The van der Waals surface area contributed by atoms with E-state index in [9.17, 15) is 20.0 Å². The van der Waals surface area contributed by atoms with Gasteiger partial charge in [-0.25, -0.2) is 0 Å². The topological polar surface area (TPSA) is 102 Å². The van der Waals surface area contributed by atoms with Crippen LogP contribution in [0.4, 0.5) is 5.69 Å². The second-order valence-electron chi connectivity index (χ2n) is 5.74. The Bertz CT molecular complexity index is 585. The maximum absolute atomic E-state index is 12.3. The Hall–Kier alpha value is -2.15. The zero-order chi connectivity index (χ0) is 15.8. The van der Waals surface area contributed by atoms with Crippen molar-refractivity contribution in [2.45, 2.75) is 32.4 Å². The van der Waals surface area contributed by atoms with E-state index in [1.54, 1.807) is 0 Å². The van der Waals surface area contributed by atoms with E-state index in [4.69, 9.17) is 4.74 Å². The second kappa shape index (κ2) is 5.33. The van der Waals surface area contributed by atoms with Crippen LogP contribution in [-0.4, -0.2) is 35.2 Å². The Morgan fingerprint density at radius 1 is 1.52 bits per heavy atom. The van der Waals surface area contributed by atoms with Gasteiger partial charge in [0.25, 0.3) is 11.6 Å². The lowest BCUT2D eigenvalue weighted by atomic mass is 9.64. The predicted molar refractivity (Wildman–Crippen MR) is 75.3 cm³/mol. The summed E-state index contributed by atoms with van der Waals surface area (Å²) in [7, 11) is 1.35. The van der Waals surface area contributed by atoms with E-state index in [1.807, 2.05) is 13.8 Å².